The fourth-order valence-corrected chi connectivity index (χ4v) is 13.3. The summed E-state index contributed by atoms with van der Waals surface area (Å²) in [5.41, 5.74) is 17.5. The van der Waals surface area contributed by atoms with Crippen LogP contribution in [0.4, 0.5) is 10.5 Å². The maximum absolute atomic E-state index is 13.4. The van der Waals surface area contributed by atoms with Gasteiger partial charge in [0.15, 0.2) is 10.5 Å². The number of fused-ring (bicyclic) bond motifs is 5. The minimum Gasteiger partial charge on any atom is -0.508 e. The molecule has 1 heterocycles. The lowest BCUT2D eigenvalue weighted by molar-refractivity contribution is -0.191. The number of hydrogen-bond donors (Lipinski definition) is 8. The van der Waals surface area contributed by atoms with Gasteiger partial charge in [-0.2, -0.15) is 9.59 Å². The molecule has 0 bridgehead atoms. The number of phenols is 1. The molecule has 0 spiro atoms. The fourth-order valence-electron chi connectivity index (χ4n) is 13.1. The van der Waals surface area contributed by atoms with Crippen molar-refractivity contribution >= 4 is 97.0 Å². The molecule has 1 aliphatic heterocycles. The van der Waals surface area contributed by atoms with Crippen LogP contribution in [0.2, 0.25) is 6.82 Å². The summed E-state index contributed by atoms with van der Waals surface area (Å²) in [7, 11) is 15.4. The van der Waals surface area contributed by atoms with E-state index in [2.05, 4.69) is 94.7 Å². The molecule has 659 valence electrons. The van der Waals surface area contributed by atoms with E-state index >= 15 is 0 Å². The van der Waals surface area contributed by atoms with Crippen molar-refractivity contribution in [1.82, 2.24) is 41.3 Å². The molecule has 124 heavy (non-hydrogen) atoms. The molecular weight excluding hydrogens is 1590 g/mol. The first-order chi connectivity index (χ1) is 58.7. The standard InChI is InChI=1S/C32H39N3O5.C24H22N2O3S.C18H30N2O3.C17H29N3O3.CH3B.CO2.3B/c1-4-34-31(36)14-9-19-39-24-16-15-23(30(20-24)38-3)21-35(18-17-33-2)32(37)40-22-29-27-12-7-5-10-25(27)26-11-6-8-13-28(26)29;1-2-3-12-25-24(30)26-16-6-4-15(5-7-16)23-19-10-8-17(27)13-21(19)29-22-14-18(28)9-11-20(22)23;1-5-11-20(3)14-15-9-10-16(13-17(15)22-4)23-12-7-8-18(21)19-6-2;1-4-19-17(21)6-5-11-23-15-8-7-14(16(12-15)22-3)13-20(2)10-9-18;1-2;2-1-3;;;/h5-8,10-13,15-16,20,29,33H,4,9,14,17-19,21-22H2,1-3H3,(H,34,36);4-11,13-14,27H,2-3,12H2,1H3,(H2,25,26,30);9-10,13H,5-8,11-12,14H2,1-4H3,(H,19,21);7-8,12H,4-6,9-11,13,18H2,1-3H3,(H,19,21);1H3;;;;. The SMILES string of the molecule is CCCCNC(=S)Nc1ccc(-c2c3ccc(=O)cc-3oc3cc(O)ccc23)cc1.CCCN(C)Cc1ccc(OCCCC(=O)NCC)cc1OC.CCNC(=O)CCCOc1ccc(CN(C)CCN)c(OC)c1.CCNC(=O)CCCOc1ccc(CN(CCNC)C(=O)OCC2c3ccccc3-c3ccccc32)c(OC)c1.O=C=O.[B].[B].[B].[B]C. The zero-order valence-electron chi connectivity index (χ0n) is 74.1. The molecule has 10 rings (SSSR count). The number of anilines is 1. The van der Waals surface area contributed by atoms with Crippen molar-refractivity contribution in [1.29, 1.82) is 0 Å². The number of aromatic hydroxyl groups is 1. The number of nitrogens with one attached hydrogen (secondary N) is 6. The maximum atomic E-state index is 13.4. The number of amides is 4. The van der Waals surface area contributed by atoms with Gasteiger partial charge in [-0.15, -0.1) is 0 Å². The van der Waals surface area contributed by atoms with Gasteiger partial charge in [-0.05, 0) is 181 Å². The quantitative estimate of drug-likeness (QED) is 0.00764. The van der Waals surface area contributed by atoms with Crippen LogP contribution >= 0.6 is 12.2 Å². The monoisotopic (exact) mass is 1710 g/mol. The van der Waals surface area contributed by atoms with Crippen molar-refractivity contribution in [3.8, 4) is 73.8 Å². The molecule has 0 aromatic heterocycles. The minimum absolute atomic E-state index is 0. The molecule has 11 radical (unpaired) electrons. The summed E-state index contributed by atoms with van der Waals surface area (Å²) in [5.74, 6) is 5.21. The van der Waals surface area contributed by atoms with Crippen LogP contribution in [0.25, 0.3) is 44.5 Å². The molecular formula is C93H123B4N10O16S. The summed E-state index contributed by atoms with van der Waals surface area (Å²) in [6.45, 7) is 21.7. The Hall–Kier alpha value is -11.3. The number of nitrogens with two attached hydrogens (primary N) is 1. The number of carbonyl (C=O) groups excluding carboxylic acids is 6. The zero-order chi connectivity index (χ0) is 88.3. The zero-order valence-corrected chi connectivity index (χ0v) is 74.9. The number of hydrogen-bond acceptors (Lipinski definition) is 21. The van der Waals surface area contributed by atoms with Crippen LogP contribution in [0.5, 0.6) is 40.2 Å². The number of ether oxygens (including phenoxy) is 7. The summed E-state index contributed by atoms with van der Waals surface area (Å²) in [6.07, 6.45) is 6.60. The summed E-state index contributed by atoms with van der Waals surface area (Å²) < 4.78 is 45.6. The number of nitrogens with zero attached hydrogens (tertiary/aromatic N) is 3. The second kappa shape index (κ2) is 61.9. The number of unbranched alkanes of at least 4 members (excludes halogenated alkanes) is 1. The topological polar surface area (TPSA) is 325 Å². The van der Waals surface area contributed by atoms with E-state index in [4.69, 9.17) is 65.1 Å². The summed E-state index contributed by atoms with van der Waals surface area (Å²) in [5, 5.41) is 29.2. The van der Waals surface area contributed by atoms with Crippen molar-refractivity contribution < 1.29 is 71.4 Å². The average Bonchev–Trinajstić information content (AvgIpc) is 1.04. The molecule has 0 saturated carbocycles. The number of carbonyl (C=O) groups is 4. The van der Waals surface area contributed by atoms with Gasteiger partial charge in [0.2, 0.25) is 17.7 Å². The molecule has 3 aliphatic rings. The Morgan fingerprint density at radius 2 is 1.02 bits per heavy atom. The largest absolute Gasteiger partial charge is 0.508 e. The van der Waals surface area contributed by atoms with Crippen LogP contribution in [0.15, 0.2) is 173 Å². The van der Waals surface area contributed by atoms with Gasteiger partial charge in [-0.25, -0.2) is 4.79 Å². The third-order valence-corrected chi connectivity index (χ3v) is 19.1. The first-order valence-corrected chi connectivity index (χ1v) is 41.6. The Morgan fingerprint density at radius 3 is 1.46 bits per heavy atom. The third kappa shape index (κ3) is 37.0. The van der Waals surface area contributed by atoms with E-state index < -0.39 is 0 Å². The molecule has 2 aliphatic carbocycles. The highest BCUT2D eigenvalue weighted by atomic mass is 32.1. The van der Waals surface area contributed by atoms with Crippen molar-refractivity contribution in [2.45, 2.75) is 125 Å². The van der Waals surface area contributed by atoms with Crippen LogP contribution in [0.1, 0.15) is 126 Å². The average molecular weight is 1710 g/mol. The number of rotatable bonds is 41. The summed E-state index contributed by atoms with van der Waals surface area (Å²) in [6, 6.07) is 51.7. The molecule has 7 aromatic carbocycles. The summed E-state index contributed by atoms with van der Waals surface area (Å²) in [4.78, 5) is 81.9. The van der Waals surface area contributed by atoms with Crippen LogP contribution < -0.4 is 71.5 Å². The predicted octanol–water partition coefficient (Wildman–Crippen LogP) is 13.0. The maximum Gasteiger partial charge on any atom is 0.410 e. The van der Waals surface area contributed by atoms with E-state index in [0.29, 0.717) is 132 Å². The highest BCUT2D eigenvalue weighted by molar-refractivity contribution is 7.80. The van der Waals surface area contributed by atoms with Gasteiger partial charge in [0.05, 0.1) is 55.5 Å². The lowest BCUT2D eigenvalue weighted by Crippen LogP contribution is -2.36. The second-order valence-corrected chi connectivity index (χ2v) is 28.3. The molecule has 7 aromatic rings. The van der Waals surface area contributed by atoms with Gasteiger partial charge >= 0.3 is 12.2 Å². The third-order valence-electron chi connectivity index (χ3n) is 18.9. The molecule has 4 amide bonds. The minimum atomic E-state index is -0.371. The number of phenolic OH excluding ortho intramolecular Hbond substituents is 1. The van der Waals surface area contributed by atoms with Gasteiger partial charge in [-0.3, -0.25) is 19.2 Å². The normalized spacial score (nSPS) is 10.5. The van der Waals surface area contributed by atoms with Crippen molar-refractivity contribution in [3.63, 3.8) is 0 Å². The van der Waals surface area contributed by atoms with Gasteiger partial charge in [0, 0.05) is 185 Å². The van der Waals surface area contributed by atoms with E-state index in [1.165, 1.54) is 41.2 Å². The Morgan fingerprint density at radius 1 is 0.548 bits per heavy atom. The van der Waals surface area contributed by atoms with E-state index in [-0.39, 0.29) is 78.9 Å². The van der Waals surface area contributed by atoms with E-state index in [1.807, 2.05) is 144 Å². The number of benzene rings is 8. The van der Waals surface area contributed by atoms with E-state index in [9.17, 15) is 29.1 Å². The van der Waals surface area contributed by atoms with E-state index in [0.717, 1.165) is 119 Å². The second-order valence-electron chi connectivity index (χ2n) is 27.9. The number of thiocarbonyl (C=S) groups is 1. The first-order valence-electron chi connectivity index (χ1n) is 41.2. The highest BCUT2D eigenvalue weighted by Crippen LogP contribution is 2.45. The Bertz CT molecular complexity index is 4570. The van der Waals surface area contributed by atoms with Crippen molar-refractivity contribution in [2.24, 2.45) is 5.73 Å². The first kappa shape index (κ1) is 109. The molecule has 0 atom stereocenters. The Kier molecular flexibility index (Phi) is 54.3. The lowest BCUT2D eigenvalue weighted by Gasteiger charge is -2.24. The van der Waals surface area contributed by atoms with E-state index in [1.54, 1.807) is 44.4 Å². The van der Waals surface area contributed by atoms with Crippen LogP contribution in [-0.4, -0.2) is 216 Å². The van der Waals surface area contributed by atoms with Gasteiger partial charge in [-0.1, -0.05) is 99.9 Å². The molecule has 0 fully saturated rings. The van der Waals surface area contributed by atoms with Crippen LogP contribution in [-0.2, 0) is 48.3 Å². The predicted molar refractivity (Wildman–Crippen MR) is 500 cm³/mol. The number of methoxy groups -OCH3 is 3. The van der Waals surface area contributed by atoms with Gasteiger partial charge < -0.3 is 95.0 Å². The van der Waals surface area contributed by atoms with Crippen LogP contribution in [0.3, 0.4) is 0 Å². The molecule has 31 heteroatoms. The smallest absolute Gasteiger partial charge is 0.410 e. The molecule has 26 nitrogen and oxygen atoms in total. The molecule has 0 saturated heterocycles. The number of likely N-dealkylation sites (N-methyl/N-ethyl adjacent to an activating group) is 2. The Balaban J connectivity index is 0.000000560. The van der Waals surface area contributed by atoms with Gasteiger partial charge in [0.1, 0.15) is 58.2 Å². The van der Waals surface area contributed by atoms with Gasteiger partial charge in [0.25, 0.3) is 0 Å². The molecule has 9 N–H and O–H groups in total. The molecule has 0 unspecified atom stereocenters. The highest BCUT2D eigenvalue weighted by Gasteiger charge is 2.30. The summed E-state index contributed by atoms with van der Waals surface area (Å²) >= 11 is 5.34. The van der Waals surface area contributed by atoms with Crippen LogP contribution in [0, 0.1) is 0 Å². The Labute approximate surface area is 744 Å². The van der Waals surface area contributed by atoms with Crippen molar-refractivity contribution in [2.75, 3.05) is 133 Å². The fraction of sp³-hybridized carbons (Fsp3) is 0.409. The lowest BCUT2D eigenvalue weighted by atomic mass is 9.93. The van der Waals surface area contributed by atoms with Crippen molar-refractivity contribution in [3.05, 3.63) is 202 Å².